The van der Waals surface area contributed by atoms with E-state index >= 15 is 0 Å². The van der Waals surface area contributed by atoms with Crippen molar-refractivity contribution in [2.45, 2.75) is 37.8 Å². The Morgan fingerprint density at radius 1 is 1.12 bits per heavy atom. The molecule has 0 saturated carbocycles. The van der Waals surface area contributed by atoms with Gasteiger partial charge in [-0.05, 0) is 19.3 Å². The molecule has 0 spiro atoms. The topological polar surface area (TPSA) is 86.4 Å². The minimum atomic E-state index is -3.53. The van der Waals surface area contributed by atoms with Gasteiger partial charge in [0, 0.05) is 43.7 Å². The van der Waals surface area contributed by atoms with Crippen LogP contribution in [0, 0.1) is 0 Å². The zero-order chi connectivity index (χ0) is 18.5. The second-order valence-electron chi connectivity index (χ2n) is 7.12. The maximum absolute atomic E-state index is 12.8. The van der Waals surface area contributed by atoms with E-state index in [1.807, 2.05) is 30.3 Å². The lowest BCUT2D eigenvalue weighted by Gasteiger charge is -2.29. The second kappa shape index (κ2) is 6.29. The Morgan fingerprint density at radius 3 is 2.42 bits per heavy atom. The Morgan fingerprint density at radius 2 is 1.77 bits per heavy atom. The van der Waals surface area contributed by atoms with E-state index in [-0.39, 0.29) is 17.6 Å². The summed E-state index contributed by atoms with van der Waals surface area (Å²) in [6.07, 6.45) is 2.46. The molecule has 7 nitrogen and oxygen atoms in total. The normalized spacial score (nSPS) is 23.0. The van der Waals surface area contributed by atoms with Crippen molar-refractivity contribution in [3.05, 3.63) is 51.9 Å². The number of aromatic nitrogens is 2. The van der Waals surface area contributed by atoms with Gasteiger partial charge < -0.3 is 4.98 Å². The highest BCUT2D eigenvalue weighted by molar-refractivity contribution is 7.86. The number of nitrogens with zero attached hydrogens (tertiary/aromatic N) is 3. The maximum atomic E-state index is 12.8. The van der Waals surface area contributed by atoms with E-state index in [1.165, 1.54) is 4.31 Å². The fraction of sp³-hybridized carbons (Fsp3) is 0.444. The summed E-state index contributed by atoms with van der Waals surface area (Å²) in [5.74, 6) is 0.536. The minimum Gasteiger partial charge on any atom is -0.306 e. The van der Waals surface area contributed by atoms with E-state index in [0.717, 1.165) is 24.1 Å². The zero-order valence-electron chi connectivity index (χ0n) is 14.8. The first kappa shape index (κ1) is 17.4. The Hall–Kier alpha value is -2.03. The fourth-order valence-electron chi connectivity index (χ4n) is 4.00. The molecule has 26 heavy (non-hydrogen) atoms. The first-order valence-corrected chi connectivity index (χ1v) is 10.2. The third-order valence-electron chi connectivity index (χ3n) is 5.30. The predicted molar refractivity (Wildman–Crippen MR) is 99.0 cm³/mol. The van der Waals surface area contributed by atoms with E-state index in [4.69, 9.17) is 4.98 Å². The predicted octanol–water partition coefficient (Wildman–Crippen LogP) is 1.17. The number of hydrogen-bond acceptors (Lipinski definition) is 4. The van der Waals surface area contributed by atoms with Crippen LogP contribution in [0.3, 0.4) is 0 Å². The van der Waals surface area contributed by atoms with Gasteiger partial charge in [-0.15, -0.1) is 0 Å². The van der Waals surface area contributed by atoms with Crippen molar-refractivity contribution in [2.75, 3.05) is 14.1 Å². The maximum Gasteiger partial charge on any atom is 0.281 e. The molecule has 2 aliphatic rings. The van der Waals surface area contributed by atoms with Crippen molar-refractivity contribution in [1.29, 1.82) is 0 Å². The average Bonchev–Trinajstić information content (AvgIpc) is 2.91. The van der Waals surface area contributed by atoms with Crippen LogP contribution in [0.2, 0.25) is 0 Å². The van der Waals surface area contributed by atoms with E-state index in [9.17, 15) is 13.2 Å². The quantitative estimate of drug-likeness (QED) is 0.874. The van der Waals surface area contributed by atoms with Crippen LogP contribution in [0.4, 0.5) is 0 Å². The third kappa shape index (κ3) is 2.78. The number of benzene rings is 1. The van der Waals surface area contributed by atoms with Crippen LogP contribution in [0.1, 0.15) is 24.1 Å². The van der Waals surface area contributed by atoms with Gasteiger partial charge in [-0.1, -0.05) is 30.3 Å². The molecule has 1 aromatic carbocycles. The summed E-state index contributed by atoms with van der Waals surface area (Å²) in [5.41, 5.74) is 2.03. The number of aromatic amines is 1. The van der Waals surface area contributed by atoms with Gasteiger partial charge in [-0.2, -0.15) is 17.0 Å². The standard InChI is InChI=1S/C18H22N4O3S/c1-21(2)26(24,25)22-13-8-9-14(22)11-16-15(10-13)18(23)20-17(19-16)12-6-4-3-5-7-12/h3-7,13-14H,8-11H2,1-2H3,(H,19,20,23). The van der Waals surface area contributed by atoms with E-state index < -0.39 is 10.2 Å². The van der Waals surface area contributed by atoms with Crippen LogP contribution in [-0.4, -0.2) is 53.2 Å². The Labute approximate surface area is 152 Å². The largest absolute Gasteiger partial charge is 0.306 e. The van der Waals surface area contributed by atoms with Crippen LogP contribution in [0.5, 0.6) is 0 Å². The lowest BCUT2D eigenvalue weighted by atomic mass is 9.98. The number of nitrogens with one attached hydrogen (secondary N) is 1. The molecule has 3 heterocycles. The molecular formula is C18H22N4O3S. The van der Waals surface area contributed by atoms with Crippen molar-refractivity contribution in [2.24, 2.45) is 0 Å². The average molecular weight is 374 g/mol. The van der Waals surface area contributed by atoms with E-state index in [1.54, 1.807) is 18.4 Å². The minimum absolute atomic E-state index is 0.147. The van der Waals surface area contributed by atoms with Crippen LogP contribution >= 0.6 is 0 Å². The fourth-order valence-corrected chi connectivity index (χ4v) is 5.49. The number of H-pyrrole nitrogens is 1. The molecule has 138 valence electrons. The molecule has 2 bridgehead atoms. The molecular weight excluding hydrogens is 352 g/mol. The van der Waals surface area contributed by atoms with Gasteiger partial charge in [-0.25, -0.2) is 4.98 Å². The molecule has 0 radical (unpaired) electrons. The molecule has 0 aliphatic carbocycles. The van der Waals surface area contributed by atoms with Gasteiger partial charge in [0.05, 0.1) is 5.69 Å². The van der Waals surface area contributed by atoms with Gasteiger partial charge in [0.2, 0.25) is 0 Å². The monoisotopic (exact) mass is 374 g/mol. The first-order chi connectivity index (χ1) is 12.4. The summed E-state index contributed by atoms with van der Waals surface area (Å²) in [6, 6.07) is 9.18. The van der Waals surface area contributed by atoms with Crippen LogP contribution in [0.25, 0.3) is 11.4 Å². The summed E-state index contributed by atoms with van der Waals surface area (Å²) in [7, 11) is -0.431. The van der Waals surface area contributed by atoms with Crippen LogP contribution in [-0.2, 0) is 23.1 Å². The van der Waals surface area contributed by atoms with Crippen molar-refractivity contribution in [1.82, 2.24) is 18.6 Å². The molecule has 0 amide bonds. The van der Waals surface area contributed by atoms with Gasteiger partial charge in [0.15, 0.2) is 0 Å². The summed E-state index contributed by atoms with van der Waals surface area (Å²) in [4.78, 5) is 20.3. The molecule has 2 aromatic rings. The highest BCUT2D eigenvalue weighted by Gasteiger charge is 2.45. The molecule has 2 aliphatic heterocycles. The number of fused-ring (bicyclic) bond motifs is 3. The second-order valence-corrected chi connectivity index (χ2v) is 9.17. The molecule has 2 atom stereocenters. The Balaban J connectivity index is 1.78. The van der Waals surface area contributed by atoms with E-state index in [2.05, 4.69) is 4.98 Å². The summed E-state index contributed by atoms with van der Waals surface area (Å²) in [6.45, 7) is 0. The molecule has 8 heteroatoms. The van der Waals surface area contributed by atoms with Crippen LogP contribution in [0.15, 0.2) is 35.1 Å². The molecule has 1 fully saturated rings. The van der Waals surface area contributed by atoms with Gasteiger partial charge in [0.25, 0.3) is 15.8 Å². The number of hydrogen-bond donors (Lipinski definition) is 1. The van der Waals surface area contributed by atoms with E-state index in [0.29, 0.717) is 24.2 Å². The summed E-state index contributed by atoms with van der Waals surface area (Å²) in [5, 5.41) is 0. The third-order valence-corrected chi connectivity index (χ3v) is 7.35. The molecule has 4 rings (SSSR count). The SMILES string of the molecule is CN(C)S(=O)(=O)N1C2CCC1Cc1c(nc(-c3ccccc3)[nH]c1=O)C2. The lowest BCUT2D eigenvalue weighted by molar-refractivity contribution is 0.305. The van der Waals surface area contributed by atoms with Crippen LogP contribution < -0.4 is 5.56 Å². The van der Waals surface area contributed by atoms with Crippen molar-refractivity contribution in [3.8, 4) is 11.4 Å². The highest BCUT2D eigenvalue weighted by atomic mass is 32.2. The Kier molecular flexibility index (Phi) is 4.21. The van der Waals surface area contributed by atoms with Crippen molar-refractivity contribution in [3.63, 3.8) is 0 Å². The Bertz CT molecular complexity index is 985. The van der Waals surface area contributed by atoms with Gasteiger partial charge in [0.1, 0.15) is 5.82 Å². The molecule has 2 unspecified atom stereocenters. The molecule has 1 N–H and O–H groups in total. The summed E-state index contributed by atoms with van der Waals surface area (Å²) < 4.78 is 28.4. The van der Waals surface area contributed by atoms with Crippen molar-refractivity contribution >= 4 is 10.2 Å². The summed E-state index contributed by atoms with van der Waals surface area (Å²) >= 11 is 0. The molecule has 1 saturated heterocycles. The molecule has 1 aromatic heterocycles. The zero-order valence-corrected chi connectivity index (χ0v) is 15.7. The lowest BCUT2D eigenvalue weighted by Crippen LogP contribution is -2.47. The van der Waals surface area contributed by atoms with Crippen molar-refractivity contribution < 1.29 is 8.42 Å². The first-order valence-electron chi connectivity index (χ1n) is 8.76. The van der Waals surface area contributed by atoms with Gasteiger partial charge >= 0.3 is 0 Å². The number of rotatable bonds is 3. The smallest absolute Gasteiger partial charge is 0.281 e. The highest BCUT2D eigenvalue weighted by Crippen LogP contribution is 2.35. The van der Waals surface area contributed by atoms with Gasteiger partial charge in [-0.3, -0.25) is 4.79 Å².